The number of hydrogen-bond donors (Lipinski definition) is 3. The monoisotopic (exact) mass is 525 g/mol. The minimum Gasteiger partial charge on any atom is -0.506 e. The van der Waals surface area contributed by atoms with E-state index in [4.69, 9.17) is 4.74 Å². The summed E-state index contributed by atoms with van der Waals surface area (Å²) < 4.78 is 6.58. The van der Waals surface area contributed by atoms with Crippen LogP contribution in [0.2, 0.25) is 0 Å². The third-order valence-electron chi connectivity index (χ3n) is 6.43. The molecule has 3 N–H and O–H groups in total. The molecular formula is C29H27N5O5. The average Bonchev–Trinajstić information content (AvgIpc) is 3.66. The molecule has 1 aromatic heterocycles. The molecule has 5 rings (SSSR count). The lowest BCUT2D eigenvalue weighted by Crippen LogP contribution is -2.27. The van der Waals surface area contributed by atoms with Crippen LogP contribution in [0.5, 0.6) is 11.5 Å². The van der Waals surface area contributed by atoms with Gasteiger partial charge in [0.2, 0.25) is 0 Å². The Morgan fingerprint density at radius 3 is 2.23 bits per heavy atom. The summed E-state index contributed by atoms with van der Waals surface area (Å²) in [7, 11) is 1.55. The quantitative estimate of drug-likeness (QED) is 0.309. The van der Waals surface area contributed by atoms with Crippen molar-refractivity contribution in [1.29, 1.82) is 0 Å². The largest absolute Gasteiger partial charge is 0.506 e. The zero-order valence-corrected chi connectivity index (χ0v) is 21.3. The van der Waals surface area contributed by atoms with Gasteiger partial charge in [-0.1, -0.05) is 12.1 Å². The molecule has 0 saturated carbocycles. The van der Waals surface area contributed by atoms with Crippen LogP contribution in [0.3, 0.4) is 0 Å². The van der Waals surface area contributed by atoms with E-state index in [2.05, 4.69) is 15.7 Å². The summed E-state index contributed by atoms with van der Waals surface area (Å²) in [5, 5.41) is 19.8. The lowest BCUT2D eigenvalue weighted by Gasteiger charge is -2.15. The Labute approximate surface area is 224 Å². The Morgan fingerprint density at radius 2 is 1.56 bits per heavy atom. The van der Waals surface area contributed by atoms with Gasteiger partial charge in [0, 0.05) is 30.4 Å². The molecule has 1 fully saturated rings. The lowest BCUT2D eigenvalue weighted by atomic mass is 10.2. The highest BCUT2D eigenvalue weighted by Gasteiger charge is 2.22. The van der Waals surface area contributed by atoms with E-state index in [1.807, 2.05) is 4.90 Å². The summed E-state index contributed by atoms with van der Waals surface area (Å²) in [6.45, 7) is 1.51. The first-order valence-corrected chi connectivity index (χ1v) is 12.5. The fourth-order valence-corrected chi connectivity index (χ4v) is 4.33. The molecule has 0 unspecified atom stereocenters. The van der Waals surface area contributed by atoms with Crippen molar-refractivity contribution < 1.29 is 24.2 Å². The van der Waals surface area contributed by atoms with Gasteiger partial charge >= 0.3 is 0 Å². The van der Waals surface area contributed by atoms with Crippen molar-refractivity contribution in [2.45, 2.75) is 12.8 Å². The number of benzene rings is 3. The number of phenolic OH excluding ortho intramolecular Hbond substituents is 1. The zero-order valence-electron chi connectivity index (χ0n) is 21.3. The van der Waals surface area contributed by atoms with Gasteiger partial charge in [-0.15, -0.1) is 0 Å². The molecule has 1 saturated heterocycles. The van der Waals surface area contributed by atoms with E-state index >= 15 is 0 Å². The Bertz CT molecular complexity index is 1510. The van der Waals surface area contributed by atoms with Crippen LogP contribution in [-0.2, 0) is 0 Å². The van der Waals surface area contributed by atoms with Crippen molar-refractivity contribution in [2.24, 2.45) is 0 Å². The molecule has 0 aliphatic carbocycles. The molecule has 1 aliphatic rings. The minimum atomic E-state index is -0.595. The number of aromatic nitrogens is 2. The molecule has 0 bridgehead atoms. The first kappa shape index (κ1) is 25.5. The van der Waals surface area contributed by atoms with Gasteiger partial charge in [-0.2, -0.15) is 5.10 Å². The molecule has 2 heterocycles. The van der Waals surface area contributed by atoms with Gasteiger partial charge in [-0.05, 0) is 73.5 Å². The number of rotatable bonds is 7. The fraction of sp³-hybridized carbons (Fsp3) is 0.172. The summed E-state index contributed by atoms with van der Waals surface area (Å²) in [6.07, 6.45) is 2.02. The van der Waals surface area contributed by atoms with E-state index in [0.717, 1.165) is 25.9 Å². The number of likely N-dealkylation sites (tertiary alicyclic amines) is 1. The van der Waals surface area contributed by atoms with Crippen molar-refractivity contribution >= 4 is 29.1 Å². The summed E-state index contributed by atoms with van der Waals surface area (Å²) >= 11 is 0. The number of carbonyl (C=O) groups is 3. The molecule has 1 aliphatic heterocycles. The average molecular weight is 526 g/mol. The molecule has 0 spiro atoms. The van der Waals surface area contributed by atoms with Gasteiger partial charge < -0.3 is 25.4 Å². The smallest absolute Gasteiger partial charge is 0.276 e. The van der Waals surface area contributed by atoms with E-state index in [1.54, 1.807) is 73.8 Å². The number of carbonyl (C=O) groups excluding carboxylic acids is 3. The molecule has 4 aromatic rings. The number of hydrogen-bond acceptors (Lipinski definition) is 6. The maximum absolute atomic E-state index is 13.4. The Kier molecular flexibility index (Phi) is 7.26. The normalized spacial score (nSPS) is 12.7. The highest BCUT2D eigenvalue weighted by Crippen LogP contribution is 2.24. The molecule has 10 heteroatoms. The zero-order chi connectivity index (χ0) is 27.4. The van der Waals surface area contributed by atoms with Crippen LogP contribution in [-0.4, -0.2) is 57.7 Å². The molecular weight excluding hydrogens is 498 g/mol. The second kappa shape index (κ2) is 11.1. The van der Waals surface area contributed by atoms with E-state index < -0.39 is 11.8 Å². The number of amides is 3. The first-order chi connectivity index (χ1) is 18.9. The van der Waals surface area contributed by atoms with Crippen LogP contribution >= 0.6 is 0 Å². The van der Waals surface area contributed by atoms with Crippen molar-refractivity contribution in [3.8, 4) is 17.2 Å². The Morgan fingerprint density at radius 1 is 0.872 bits per heavy atom. The van der Waals surface area contributed by atoms with Gasteiger partial charge in [-0.3, -0.25) is 14.4 Å². The van der Waals surface area contributed by atoms with Crippen LogP contribution in [0.4, 0.5) is 11.4 Å². The number of anilines is 2. The maximum atomic E-state index is 13.4. The summed E-state index contributed by atoms with van der Waals surface area (Å²) in [6, 6.07) is 21.3. The van der Waals surface area contributed by atoms with E-state index in [9.17, 15) is 19.5 Å². The second-order valence-electron chi connectivity index (χ2n) is 9.03. The summed E-state index contributed by atoms with van der Waals surface area (Å²) in [5.41, 5.74) is 1.89. The number of nitrogens with one attached hydrogen (secondary N) is 2. The van der Waals surface area contributed by atoms with Crippen LogP contribution < -0.4 is 15.4 Å². The highest BCUT2D eigenvalue weighted by molar-refractivity contribution is 6.08. The van der Waals surface area contributed by atoms with Crippen molar-refractivity contribution in [1.82, 2.24) is 14.7 Å². The van der Waals surface area contributed by atoms with Crippen molar-refractivity contribution in [3.05, 3.63) is 95.8 Å². The minimum absolute atomic E-state index is 0.0224. The SMILES string of the molecule is COc1ccc(-n2nc(C(=O)Nc3ccccc3O)cc2C(=O)Nc2ccc(C(=O)N3CCCC3)cc2)cc1. The van der Waals surface area contributed by atoms with Gasteiger partial charge in [-0.25, -0.2) is 4.68 Å². The van der Waals surface area contributed by atoms with Gasteiger partial charge in [0.05, 0.1) is 18.5 Å². The van der Waals surface area contributed by atoms with Gasteiger partial charge in [0.1, 0.15) is 17.2 Å². The molecule has 0 atom stereocenters. The lowest BCUT2D eigenvalue weighted by molar-refractivity contribution is 0.0792. The van der Waals surface area contributed by atoms with Crippen molar-refractivity contribution in [2.75, 3.05) is 30.8 Å². The maximum Gasteiger partial charge on any atom is 0.276 e. The summed E-state index contributed by atoms with van der Waals surface area (Å²) in [5.74, 6) is -0.591. The Hall–Kier alpha value is -5.12. The topological polar surface area (TPSA) is 126 Å². The molecule has 10 nitrogen and oxygen atoms in total. The van der Waals surface area contributed by atoms with Crippen LogP contribution in [0, 0.1) is 0 Å². The van der Waals surface area contributed by atoms with Gasteiger partial charge in [0.25, 0.3) is 17.7 Å². The first-order valence-electron chi connectivity index (χ1n) is 12.5. The number of aromatic hydroxyl groups is 1. The molecule has 3 aromatic carbocycles. The van der Waals surface area contributed by atoms with Crippen molar-refractivity contribution in [3.63, 3.8) is 0 Å². The number of para-hydroxylation sites is 2. The highest BCUT2D eigenvalue weighted by atomic mass is 16.5. The fourth-order valence-electron chi connectivity index (χ4n) is 4.33. The standard InChI is InChI=1S/C29H27N5O5/c1-39-22-14-12-21(13-15-22)34-25(18-24(32-34)27(36)31-23-6-2-3-7-26(23)35)28(37)30-20-10-8-19(9-11-20)29(38)33-16-4-5-17-33/h2-3,6-15,18,35H,4-5,16-17H2,1H3,(H,30,37)(H,31,36). The van der Waals surface area contributed by atoms with Crippen LogP contribution in [0.15, 0.2) is 78.9 Å². The molecule has 198 valence electrons. The molecule has 3 amide bonds. The predicted molar refractivity (Wildman–Crippen MR) is 146 cm³/mol. The van der Waals surface area contributed by atoms with E-state index in [1.165, 1.54) is 16.8 Å². The summed E-state index contributed by atoms with van der Waals surface area (Å²) in [4.78, 5) is 40.8. The van der Waals surface area contributed by atoms with E-state index in [0.29, 0.717) is 22.7 Å². The van der Waals surface area contributed by atoms with E-state index in [-0.39, 0.29) is 28.7 Å². The number of nitrogens with zero attached hydrogens (tertiary/aromatic N) is 3. The number of ether oxygens (including phenoxy) is 1. The number of methoxy groups -OCH3 is 1. The number of phenols is 1. The van der Waals surface area contributed by atoms with Gasteiger partial charge in [0.15, 0.2) is 5.69 Å². The third-order valence-corrected chi connectivity index (χ3v) is 6.43. The Balaban J connectivity index is 1.40. The molecule has 0 radical (unpaired) electrons. The van der Waals surface area contributed by atoms with Crippen LogP contribution in [0.25, 0.3) is 5.69 Å². The molecule has 39 heavy (non-hydrogen) atoms. The second-order valence-corrected chi connectivity index (χ2v) is 9.03. The van der Waals surface area contributed by atoms with Crippen LogP contribution in [0.1, 0.15) is 44.2 Å². The predicted octanol–water partition coefficient (Wildman–Crippen LogP) is 4.33. The third kappa shape index (κ3) is 5.59.